The van der Waals surface area contributed by atoms with Gasteiger partial charge in [-0.05, 0) is 35.7 Å². The van der Waals surface area contributed by atoms with Crippen molar-refractivity contribution >= 4 is 17.3 Å². The molecule has 6 rings (SSSR count). The Bertz CT molecular complexity index is 1670. The van der Waals surface area contributed by atoms with E-state index >= 15 is 0 Å². The number of carbonyl (C=O) groups is 2. The van der Waals surface area contributed by atoms with Gasteiger partial charge in [-0.2, -0.15) is 0 Å². The topological polar surface area (TPSA) is 67.2 Å². The summed E-state index contributed by atoms with van der Waals surface area (Å²) in [6, 6.07) is 32.1. The van der Waals surface area contributed by atoms with E-state index in [4.69, 9.17) is 9.72 Å². The Hall–Kier alpha value is -4.59. The first-order valence-corrected chi connectivity index (χ1v) is 14.3. The number of aromatic nitrogens is 2. The van der Waals surface area contributed by atoms with Crippen LogP contribution in [0.4, 0.5) is 0 Å². The van der Waals surface area contributed by atoms with Crippen molar-refractivity contribution in [2.75, 3.05) is 32.8 Å². The van der Waals surface area contributed by atoms with E-state index in [2.05, 4.69) is 39.8 Å². The van der Waals surface area contributed by atoms with E-state index in [-0.39, 0.29) is 18.3 Å². The molecule has 3 heterocycles. The van der Waals surface area contributed by atoms with Crippen LogP contribution in [0.5, 0.6) is 0 Å². The molecule has 0 N–H and O–H groups in total. The minimum atomic E-state index is 0.0331. The average Bonchev–Trinajstić information content (AvgIpc) is 3.39. The number of rotatable bonds is 9. The number of pyridine rings is 1. The molecule has 0 saturated carbocycles. The van der Waals surface area contributed by atoms with Crippen LogP contribution in [0.3, 0.4) is 0 Å². The maximum atomic E-state index is 12.8. The van der Waals surface area contributed by atoms with E-state index in [0.29, 0.717) is 31.8 Å². The van der Waals surface area contributed by atoms with Crippen molar-refractivity contribution in [1.82, 2.24) is 19.2 Å². The van der Waals surface area contributed by atoms with Crippen LogP contribution in [0.2, 0.25) is 0 Å². The predicted molar refractivity (Wildman–Crippen MR) is 164 cm³/mol. The molecule has 1 amide bonds. The number of fused-ring (bicyclic) bond motifs is 1. The van der Waals surface area contributed by atoms with E-state index in [1.807, 2.05) is 77.7 Å². The number of imidazole rings is 1. The van der Waals surface area contributed by atoms with Crippen LogP contribution in [-0.4, -0.2) is 63.7 Å². The van der Waals surface area contributed by atoms with Gasteiger partial charge in [-0.15, -0.1) is 0 Å². The van der Waals surface area contributed by atoms with Crippen molar-refractivity contribution in [3.63, 3.8) is 0 Å². The summed E-state index contributed by atoms with van der Waals surface area (Å²) >= 11 is 0. The molecule has 0 atom stereocenters. The van der Waals surface area contributed by atoms with Gasteiger partial charge in [-0.3, -0.25) is 14.5 Å². The monoisotopic (exact) mass is 558 g/mol. The summed E-state index contributed by atoms with van der Waals surface area (Å²) in [5.41, 5.74) is 7.91. The largest absolute Gasteiger partial charge is 0.367 e. The number of piperazine rings is 1. The van der Waals surface area contributed by atoms with E-state index in [1.165, 1.54) is 0 Å². The third-order valence-electron chi connectivity index (χ3n) is 7.82. The number of ether oxygens (including phenoxy) is 1. The van der Waals surface area contributed by atoms with Gasteiger partial charge in [0, 0.05) is 50.0 Å². The van der Waals surface area contributed by atoms with E-state index < -0.39 is 0 Å². The van der Waals surface area contributed by atoms with Gasteiger partial charge in [0.2, 0.25) is 5.91 Å². The molecular formula is C35H34N4O3. The number of carbonyl (C=O) groups excluding carboxylic acids is 2. The van der Waals surface area contributed by atoms with Gasteiger partial charge >= 0.3 is 0 Å². The lowest BCUT2D eigenvalue weighted by atomic mass is 10.0. The summed E-state index contributed by atoms with van der Waals surface area (Å²) in [6.07, 6.45) is 2.14. The molecule has 7 heteroatoms. The quantitative estimate of drug-likeness (QED) is 0.216. The van der Waals surface area contributed by atoms with Crippen LogP contribution in [-0.2, 0) is 22.7 Å². The van der Waals surface area contributed by atoms with Gasteiger partial charge in [0.25, 0.3) is 0 Å². The number of amides is 1. The lowest BCUT2D eigenvalue weighted by Gasteiger charge is -2.34. The average molecular weight is 559 g/mol. The zero-order chi connectivity index (χ0) is 28.9. The number of hydrogen-bond donors (Lipinski definition) is 0. The molecule has 1 aliphatic heterocycles. The minimum Gasteiger partial charge on any atom is -0.367 e. The molecule has 42 heavy (non-hydrogen) atoms. The smallest absolute Gasteiger partial charge is 0.248 e. The molecule has 5 aromatic rings. The summed E-state index contributed by atoms with van der Waals surface area (Å²) in [4.78, 5) is 33.9. The van der Waals surface area contributed by atoms with Crippen LogP contribution < -0.4 is 0 Å². The summed E-state index contributed by atoms with van der Waals surface area (Å²) in [5, 5.41) is 0. The number of hydrogen-bond acceptors (Lipinski definition) is 5. The number of nitrogens with zero attached hydrogens (tertiary/aromatic N) is 4. The molecule has 1 aliphatic rings. The second-order valence-electron chi connectivity index (χ2n) is 10.7. The fourth-order valence-electron chi connectivity index (χ4n) is 5.43. The van der Waals surface area contributed by atoms with E-state index in [0.717, 1.165) is 52.4 Å². The first-order valence-electron chi connectivity index (χ1n) is 14.3. The van der Waals surface area contributed by atoms with Crippen LogP contribution in [0.25, 0.3) is 28.0 Å². The van der Waals surface area contributed by atoms with Crippen LogP contribution in [0, 0.1) is 0 Å². The zero-order valence-corrected chi connectivity index (χ0v) is 23.8. The van der Waals surface area contributed by atoms with Crippen LogP contribution in [0.15, 0.2) is 103 Å². The van der Waals surface area contributed by atoms with Gasteiger partial charge < -0.3 is 14.0 Å². The van der Waals surface area contributed by atoms with E-state index in [1.54, 1.807) is 6.92 Å². The number of ketones is 1. The second-order valence-corrected chi connectivity index (χ2v) is 10.7. The molecule has 0 radical (unpaired) electrons. The standard InChI is InChI=1S/C35H34N4O3/c1-26(40)28-12-14-29(15-13-28)31-16-17-33-36-35(30-10-6-3-7-11-30)32(39(33)22-31)23-37-18-20-38(21-19-37)34(41)25-42-24-27-8-4-2-5-9-27/h2-17,22H,18-21,23-25H2,1H3. The summed E-state index contributed by atoms with van der Waals surface area (Å²) in [6.45, 7) is 5.71. The maximum Gasteiger partial charge on any atom is 0.248 e. The van der Waals surface area contributed by atoms with Gasteiger partial charge in [0.1, 0.15) is 12.3 Å². The minimum absolute atomic E-state index is 0.0331. The zero-order valence-electron chi connectivity index (χ0n) is 23.8. The highest BCUT2D eigenvalue weighted by Gasteiger charge is 2.24. The number of Topliss-reactive ketones (excluding diaryl/α,β-unsaturated/α-hetero) is 1. The summed E-state index contributed by atoms with van der Waals surface area (Å²) < 4.78 is 7.88. The van der Waals surface area contributed by atoms with Gasteiger partial charge in [-0.1, -0.05) is 84.9 Å². The van der Waals surface area contributed by atoms with Crippen molar-refractivity contribution in [1.29, 1.82) is 0 Å². The molecule has 3 aromatic carbocycles. The fraction of sp³-hybridized carbons (Fsp3) is 0.229. The van der Waals surface area contributed by atoms with Gasteiger partial charge in [0.15, 0.2) is 5.78 Å². The molecule has 2 aromatic heterocycles. The Morgan fingerprint density at radius 1 is 0.762 bits per heavy atom. The Morgan fingerprint density at radius 2 is 1.43 bits per heavy atom. The van der Waals surface area contributed by atoms with Gasteiger partial charge in [-0.25, -0.2) is 4.98 Å². The Labute approximate surface area is 246 Å². The van der Waals surface area contributed by atoms with Crippen LogP contribution in [0.1, 0.15) is 28.5 Å². The molecule has 0 aliphatic carbocycles. The molecular weight excluding hydrogens is 524 g/mol. The molecule has 7 nitrogen and oxygen atoms in total. The number of benzene rings is 3. The highest BCUT2D eigenvalue weighted by atomic mass is 16.5. The lowest BCUT2D eigenvalue weighted by molar-refractivity contribution is -0.138. The third kappa shape index (κ3) is 6.17. The normalized spacial score (nSPS) is 13.9. The SMILES string of the molecule is CC(=O)c1ccc(-c2ccc3nc(-c4ccccc4)c(CN4CCN(C(=O)COCc5ccccc5)CC4)n3c2)cc1. The van der Waals surface area contributed by atoms with E-state index in [9.17, 15) is 9.59 Å². The Balaban J connectivity index is 1.18. The molecule has 0 unspecified atom stereocenters. The lowest BCUT2D eigenvalue weighted by Crippen LogP contribution is -2.49. The second kappa shape index (κ2) is 12.5. The molecule has 1 saturated heterocycles. The fourth-order valence-corrected chi connectivity index (χ4v) is 5.43. The van der Waals surface area contributed by atoms with Crippen molar-refractivity contribution in [2.45, 2.75) is 20.1 Å². The summed E-state index contributed by atoms with van der Waals surface area (Å²) in [5.74, 6) is 0.0914. The van der Waals surface area contributed by atoms with Crippen LogP contribution >= 0.6 is 0 Å². The van der Waals surface area contributed by atoms with Crippen molar-refractivity contribution in [2.24, 2.45) is 0 Å². The Kier molecular flexibility index (Phi) is 8.21. The Morgan fingerprint density at radius 3 is 2.12 bits per heavy atom. The van der Waals surface area contributed by atoms with Crippen molar-refractivity contribution < 1.29 is 14.3 Å². The molecule has 0 spiro atoms. The van der Waals surface area contributed by atoms with Crippen molar-refractivity contribution in [3.05, 3.63) is 120 Å². The molecule has 1 fully saturated rings. The predicted octanol–water partition coefficient (Wildman–Crippen LogP) is 5.73. The van der Waals surface area contributed by atoms with Crippen molar-refractivity contribution in [3.8, 4) is 22.4 Å². The highest BCUT2D eigenvalue weighted by molar-refractivity contribution is 5.94. The first kappa shape index (κ1) is 27.6. The summed E-state index contributed by atoms with van der Waals surface area (Å²) in [7, 11) is 0. The molecule has 212 valence electrons. The first-order chi connectivity index (χ1) is 20.5. The maximum absolute atomic E-state index is 12.8. The third-order valence-corrected chi connectivity index (χ3v) is 7.82. The van der Waals surface area contributed by atoms with Gasteiger partial charge in [0.05, 0.1) is 18.0 Å². The highest BCUT2D eigenvalue weighted by Crippen LogP contribution is 2.29. The molecule has 0 bridgehead atoms.